The number of allylic oxidation sites excluding steroid dienone is 16. The van der Waals surface area contributed by atoms with Crippen LogP contribution in [-0.2, 0) is 28.6 Å². The Morgan fingerprint density at radius 2 is 0.470 bits per heavy atom. The van der Waals surface area contributed by atoms with Crippen LogP contribution in [0.25, 0.3) is 0 Å². The Labute approximate surface area is 515 Å². The summed E-state index contributed by atoms with van der Waals surface area (Å²) >= 11 is 0. The molecule has 83 heavy (non-hydrogen) atoms. The van der Waals surface area contributed by atoms with Crippen LogP contribution in [0.4, 0.5) is 0 Å². The number of unbranched alkanes of at least 4 members (excludes halogenated alkanes) is 38. The Bertz CT molecular complexity index is 1610. The number of hydrogen-bond donors (Lipinski definition) is 0. The van der Waals surface area contributed by atoms with Gasteiger partial charge in [0.05, 0.1) is 0 Å². The molecule has 0 bridgehead atoms. The van der Waals surface area contributed by atoms with Crippen molar-refractivity contribution in [3.8, 4) is 0 Å². The van der Waals surface area contributed by atoms with E-state index in [0.29, 0.717) is 19.3 Å². The second-order valence-electron chi connectivity index (χ2n) is 23.8. The van der Waals surface area contributed by atoms with Gasteiger partial charge in [0, 0.05) is 19.3 Å². The van der Waals surface area contributed by atoms with Crippen LogP contribution >= 0.6 is 0 Å². The van der Waals surface area contributed by atoms with Gasteiger partial charge in [-0.3, -0.25) is 14.4 Å². The molecule has 0 amide bonds. The average molecular weight is 1160 g/mol. The zero-order valence-electron chi connectivity index (χ0n) is 54.9. The van der Waals surface area contributed by atoms with E-state index in [1.807, 2.05) is 0 Å². The largest absolute Gasteiger partial charge is 0.462 e. The summed E-state index contributed by atoms with van der Waals surface area (Å²) in [5.74, 6) is -0.870. The van der Waals surface area contributed by atoms with E-state index in [0.717, 1.165) is 109 Å². The summed E-state index contributed by atoms with van der Waals surface area (Å²) in [6, 6.07) is 0. The molecule has 1 unspecified atom stereocenters. The van der Waals surface area contributed by atoms with E-state index in [2.05, 4.69) is 118 Å². The first-order chi connectivity index (χ1) is 41.0. The minimum atomic E-state index is -0.781. The Balaban J connectivity index is 4.23. The summed E-state index contributed by atoms with van der Waals surface area (Å²) in [4.78, 5) is 38.4. The summed E-state index contributed by atoms with van der Waals surface area (Å²) in [5, 5.41) is 0. The van der Waals surface area contributed by atoms with Gasteiger partial charge in [-0.25, -0.2) is 0 Å². The van der Waals surface area contributed by atoms with Gasteiger partial charge in [-0.2, -0.15) is 0 Å². The van der Waals surface area contributed by atoms with Crippen molar-refractivity contribution in [3.63, 3.8) is 0 Å². The summed E-state index contributed by atoms with van der Waals surface area (Å²) < 4.78 is 17.0. The second kappa shape index (κ2) is 70.8. The van der Waals surface area contributed by atoms with Crippen molar-refractivity contribution >= 4 is 17.9 Å². The van der Waals surface area contributed by atoms with Crippen LogP contribution < -0.4 is 0 Å². The Hall–Kier alpha value is -3.67. The number of hydrogen-bond acceptors (Lipinski definition) is 6. The molecule has 1 atom stereocenters. The van der Waals surface area contributed by atoms with E-state index in [9.17, 15) is 14.4 Å². The van der Waals surface area contributed by atoms with Crippen LogP contribution in [0.3, 0.4) is 0 Å². The highest BCUT2D eigenvalue weighted by Crippen LogP contribution is 2.18. The highest BCUT2D eigenvalue weighted by atomic mass is 16.6. The lowest BCUT2D eigenvalue weighted by atomic mass is 10.0. The van der Waals surface area contributed by atoms with Crippen molar-refractivity contribution in [2.45, 2.75) is 361 Å². The third-order valence-electron chi connectivity index (χ3n) is 15.6. The molecule has 0 rings (SSSR count). The van der Waals surface area contributed by atoms with Gasteiger partial charge in [0.2, 0.25) is 0 Å². The van der Waals surface area contributed by atoms with Gasteiger partial charge in [-0.15, -0.1) is 0 Å². The maximum Gasteiger partial charge on any atom is 0.306 e. The van der Waals surface area contributed by atoms with Gasteiger partial charge in [0.1, 0.15) is 13.2 Å². The molecule has 0 N–H and O–H groups in total. The van der Waals surface area contributed by atoms with Crippen LogP contribution in [0.1, 0.15) is 355 Å². The molecule has 0 spiro atoms. The maximum atomic E-state index is 12.9. The highest BCUT2D eigenvalue weighted by Gasteiger charge is 2.19. The molecule has 0 fully saturated rings. The maximum absolute atomic E-state index is 12.9. The molecule has 0 aromatic heterocycles. The number of rotatable bonds is 65. The van der Waals surface area contributed by atoms with Gasteiger partial charge in [-0.1, -0.05) is 330 Å². The molecule has 0 aliphatic rings. The third-order valence-corrected chi connectivity index (χ3v) is 15.6. The average Bonchev–Trinajstić information content (AvgIpc) is 3.49. The van der Waals surface area contributed by atoms with E-state index >= 15 is 0 Å². The Morgan fingerprint density at radius 1 is 0.253 bits per heavy atom. The summed E-state index contributed by atoms with van der Waals surface area (Å²) in [7, 11) is 0. The molecule has 6 nitrogen and oxygen atoms in total. The smallest absolute Gasteiger partial charge is 0.306 e. The highest BCUT2D eigenvalue weighted by molar-refractivity contribution is 5.71. The van der Waals surface area contributed by atoms with Gasteiger partial charge >= 0.3 is 17.9 Å². The fourth-order valence-corrected chi connectivity index (χ4v) is 10.2. The van der Waals surface area contributed by atoms with Crippen molar-refractivity contribution in [1.82, 2.24) is 0 Å². The predicted octanol–water partition coefficient (Wildman–Crippen LogP) is 24.8. The fraction of sp³-hybridized carbons (Fsp3) is 0.753. The number of carbonyl (C=O) groups excluding carboxylic acids is 3. The molecule has 0 aromatic carbocycles. The lowest BCUT2D eigenvalue weighted by molar-refractivity contribution is -0.167. The lowest BCUT2D eigenvalue weighted by Gasteiger charge is -2.18. The first kappa shape index (κ1) is 79.3. The molecular weight excluding hydrogens is 1020 g/mol. The molecule has 0 saturated carbocycles. The van der Waals surface area contributed by atoms with Crippen LogP contribution in [0.2, 0.25) is 0 Å². The van der Waals surface area contributed by atoms with Gasteiger partial charge < -0.3 is 14.2 Å². The van der Waals surface area contributed by atoms with E-state index in [-0.39, 0.29) is 31.1 Å². The Morgan fingerprint density at radius 3 is 0.759 bits per heavy atom. The van der Waals surface area contributed by atoms with Crippen molar-refractivity contribution < 1.29 is 28.6 Å². The minimum absolute atomic E-state index is 0.0774. The normalized spacial score (nSPS) is 12.7. The van der Waals surface area contributed by atoms with Crippen LogP contribution in [0.5, 0.6) is 0 Å². The number of carbonyl (C=O) groups is 3. The summed E-state index contributed by atoms with van der Waals surface area (Å²) in [5.41, 5.74) is 0. The summed E-state index contributed by atoms with van der Waals surface area (Å²) in [6.45, 7) is 6.55. The van der Waals surface area contributed by atoms with Gasteiger partial charge in [0.25, 0.3) is 0 Å². The zero-order chi connectivity index (χ0) is 59.9. The molecule has 0 radical (unpaired) electrons. The minimum Gasteiger partial charge on any atom is -0.462 e. The monoisotopic (exact) mass is 1160 g/mol. The van der Waals surface area contributed by atoms with E-state index < -0.39 is 6.10 Å². The molecule has 6 heteroatoms. The van der Waals surface area contributed by atoms with Crippen molar-refractivity contribution in [1.29, 1.82) is 0 Å². The molecule has 0 aliphatic carbocycles. The fourth-order valence-electron chi connectivity index (χ4n) is 10.2. The van der Waals surface area contributed by atoms with Crippen LogP contribution in [0, 0.1) is 0 Å². The Kier molecular flexibility index (Phi) is 67.7. The molecular formula is C77H134O6. The SMILES string of the molecule is CC/C=C\C/C=C\C/C=C\C/C=C\C/C=C\C/C=C\C/C=C\CCCCCCCCCCCCCC(=O)OCC(COC(=O)CCCCCCC/C=C\CCCCCC)OC(=O)CCCCCCCCCCCCCCCCCCCCC. The van der Waals surface area contributed by atoms with Crippen molar-refractivity contribution in [2.75, 3.05) is 13.2 Å². The van der Waals surface area contributed by atoms with E-state index in [4.69, 9.17) is 14.2 Å². The molecule has 0 aromatic rings. The predicted molar refractivity (Wildman–Crippen MR) is 362 cm³/mol. The van der Waals surface area contributed by atoms with Crippen molar-refractivity contribution in [2.24, 2.45) is 0 Å². The molecule has 0 heterocycles. The second-order valence-corrected chi connectivity index (χ2v) is 23.8. The molecule has 0 saturated heterocycles. The first-order valence-electron chi connectivity index (χ1n) is 35.7. The van der Waals surface area contributed by atoms with Crippen molar-refractivity contribution in [3.05, 3.63) is 97.2 Å². The van der Waals surface area contributed by atoms with Gasteiger partial charge in [-0.05, 0) is 103 Å². The topological polar surface area (TPSA) is 78.9 Å². The summed E-state index contributed by atoms with van der Waals surface area (Å²) in [6.07, 6.45) is 95.8. The quantitative estimate of drug-likeness (QED) is 0.0261. The van der Waals surface area contributed by atoms with Crippen LogP contribution in [-0.4, -0.2) is 37.2 Å². The zero-order valence-corrected chi connectivity index (χ0v) is 54.9. The number of esters is 3. The van der Waals surface area contributed by atoms with E-state index in [1.54, 1.807) is 0 Å². The molecule has 0 aliphatic heterocycles. The van der Waals surface area contributed by atoms with E-state index in [1.165, 1.54) is 205 Å². The standard InChI is InChI=1S/C77H134O6/c1-4-7-10-13-16-19-22-25-27-29-31-32-33-34-35-36-37-38-39-40-41-42-43-44-46-47-49-52-55-58-61-64-67-70-76(79)82-73-74(72-81-75(78)69-66-63-60-57-54-51-24-21-18-15-12-9-6-3)83-77(80)71-68-65-62-59-56-53-50-48-45-30-28-26-23-20-17-14-11-8-5-2/h7,10,16,19,21,24-25,27,31-32,34-35,37-38,40-41,74H,4-6,8-9,11-15,17-18,20,22-23,26,28-30,33,36,39,42-73H2,1-3H3/b10-7-,19-16-,24-21-,27-25-,32-31-,35-34-,38-37-,41-40-. The van der Waals surface area contributed by atoms with Gasteiger partial charge in [0.15, 0.2) is 6.10 Å². The van der Waals surface area contributed by atoms with Crippen LogP contribution in [0.15, 0.2) is 97.2 Å². The number of ether oxygens (including phenoxy) is 3. The molecule has 478 valence electrons. The lowest BCUT2D eigenvalue weighted by Crippen LogP contribution is -2.30. The first-order valence-corrected chi connectivity index (χ1v) is 35.7. The third kappa shape index (κ3) is 69.0.